The van der Waals surface area contributed by atoms with Gasteiger partial charge in [0.15, 0.2) is 0 Å². The number of H-pyrrole nitrogens is 1. The normalized spacial score (nSPS) is 11.5. The average Bonchev–Trinajstić information content (AvgIpc) is 3.03. The second kappa shape index (κ2) is 4.72. The minimum atomic E-state index is 1.17. The van der Waals surface area contributed by atoms with Crippen LogP contribution in [-0.4, -0.2) is 4.98 Å². The fourth-order valence-corrected chi connectivity index (χ4v) is 3.42. The van der Waals surface area contributed by atoms with Gasteiger partial charge in [0.1, 0.15) is 0 Å². The van der Waals surface area contributed by atoms with Crippen molar-refractivity contribution in [1.82, 2.24) is 4.98 Å². The highest BCUT2D eigenvalue weighted by Crippen LogP contribution is 2.32. The molecule has 0 unspecified atom stereocenters. The molecule has 0 spiro atoms. The summed E-state index contributed by atoms with van der Waals surface area (Å²) in [5.41, 5.74) is 3.61. The van der Waals surface area contributed by atoms with Gasteiger partial charge in [0, 0.05) is 22.2 Å². The number of benzene rings is 4. The quantitative estimate of drug-likeness (QED) is 0.357. The van der Waals surface area contributed by atoms with E-state index in [4.69, 9.17) is 0 Å². The van der Waals surface area contributed by atoms with Crippen molar-refractivity contribution in [3.8, 4) is 11.3 Å². The number of nitrogens with one attached hydrogen (secondary N) is 1. The molecule has 0 radical (unpaired) electrons. The highest BCUT2D eigenvalue weighted by molar-refractivity contribution is 6.05. The summed E-state index contributed by atoms with van der Waals surface area (Å²) >= 11 is 0. The molecule has 1 N–H and O–H groups in total. The van der Waals surface area contributed by atoms with Crippen molar-refractivity contribution in [2.45, 2.75) is 0 Å². The molecule has 1 nitrogen and oxygen atoms in total. The SMILES string of the molecule is c1ccc2cc3c(-c4cc5ccccc5[nH]4)cccc3cc2c1. The molecule has 1 heterocycles. The van der Waals surface area contributed by atoms with Gasteiger partial charge >= 0.3 is 0 Å². The van der Waals surface area contributed by atoms with Gasteiger partial charge in [-0.25, -0.2) is 0 Å². The summed E-state index contributed by atoms with van der Waals surface area (Å²) in [6, 6.07) is 30.3. The molecule has 5 aromatic rings. The lowest BCUT2D eigenvalue weighted by molar-refractivity contribution is 1.47. The Bertz CT molecular complexity index is 1130. The first-order valence-electron chi connectivity index (χ1n) is 7.88. The van der Waals surface area contributed by atoms with Crippen LogP contribution < -0.4 is 0 Å². The van der Waals surface area contributed by atoms with E-state index in [0.717, 1.165) is 0 Å². The highest BCUT2D eigenvalue weighted by atomic mass is 14.7. The van der Waals surface area contributed by atoms with Crippen LogP contribution in [0.1, 0.15) is 0 Å². The third-order valence-corrected chi connectivity index (χ3v) is 4.57. The molecule has 0 bridgehead atoms. The Morgan fingerprint density at radius 3 is 2.04 bits per heavy atom. The van der Waals surface area contributed by atoms with Gasteiger partial charge in [-0.1, -0.05) is 60.7 Å². The Balaban J connectivity index is 1.84. The molecule has 1 aromatic heterocycles. The molecule has 1 heteroatoms. The summed E-state index contributed by atoms with van der Waals surface area (Å²) in [6.45, 7) is 0. The monoisotopic (exact) mass is 293 g/mol. The van der Waals surface area contributed by atoms with E-state index in [1.54, 1.807) is 0 Å². The molecule has 4 aromatic carbocycles. The molecule has 0 saturated heterocycles. The van der Waals surface area contributed by atoms with Crippen molar-refractivity contribution < 1.29 is 0 Å². The van der Waals surface area contributed by atoms with Gasteiger partial charge in [0.25, 0.3) is 0 Å². The van der Waals surface area contributed by atoms with Gasteiger partial charge in [-0.05, 0) is 45.8 Å². The zero-order chi connectivity index (χ0) is 15.2. The van der Waals surface area contributed by atoms with Crippen molar-refractivity contribution >= 4 is 32.4 Å². The summed E-state index contributed by atoms with van der Waals surface area (Å²) in [6.07, 6.45) is 0. The largest absolute Gasteiger partial charge is 0.355 e. The molecule has 0 aliphatic heterocycles. The average molecular weight is 293 g/mol. The van der Waals surface area contributed by atoms with E-state index in [9.17, 15) is 0 Å². The van der Waals surface area contributed by atoms with Crippen LogP contribution in [0.2, 0.25) is 0 Å². The van der Waals surface area contributed by atoms with E-state index < -0.39 is 0 Å². The predicted octanol–water partition coefficient (Wildman–Crippen LogP) is 6.14. The summed E-state index contributed by atoms with van der Waals surface area (Å²) < 4.78 is 0. The number of rotatable bonds is 1. The van der Waals surface area contributed by atoms with Crippen LogP contribution in [0, 0.1) is 0 Å². The van der Waals surface area contributed by atoms with E-state index >= 15 is 0 Å². The Morgan fingerprint density at radius 1 is 0.522 bits per heavy atom. The maximum absolute atomic E-state index is 3.55. The van der Waals surface area contributed by atoms with Gasteiger partial charge in [-0.2, -0.15) is 0 Å². The van der Waals surface area contributed by atoms with Crippen molar-refractivity contribution in [2.24, 2.45) is 0 Å². The number of para-hydroxylation sites is 1. The highest BCUT2D eigenvalue weighted by Gasteiger charge is 2.08. The Morgan fingerprint density at radius 2 is 1.22 bits per heavy atom. The number of hydrogen-bond donors (Lipinski definition) is 1. The first-order chi connectivity index (χ1) is 11.4. The van der Waals surface area contributed by atoms with Gasteiger partial charge in [0.05, 0.1) is 0 Å². The summed E-state index contributed by atoms with van der Waals surface area (Å²) in [7, 11) is 0. The van der Waals surface area contributed by atoms with Gasteiger partial charge in [-0.15, -0.1) is 0 Å². The first-order valence-corrected chi connectivity index (χ1v) is 7.88. The lowest BCUT2D eigenvalue weighted by Crippen LogP contribution is -1.82. The number of aromatic nitrogens is 1. The molecular weight excluding hydrogens is 278 g/mol. The van der Waals surface area contributed by atoms with Crippen LogP contribution in [0.3, 0.4) is 0 Å². The van der Waals surface area contributed by atoms with Crippen molar-refractivity contribution in [3.05, 3.63) is 84.9 Å². The fourth-order valence-electron chi connectivity index (χ4n) is 3.42. The maximum Gasteiger partial charge on any atom is 0.0471 e. The molecule has 0 fully saturated rings. The number of hydrogen-bond acceptors (Lipinski definition) is 0. The molecule has 0 aliphatic rings. The fraction of sp³-hybridized carbons (Fsp3) is 0. The molecule has 0 atom stereocenters. The van der Waals surface area contributed by atoms with Crippen LogP contribution in [0.5, 0.6) is 0 Å². The zero-order valence-corrected chi connectivity index (χ0v) is 12.6. The van der Waals surface area contributed by atoms with Crippen molar-refractivity contribution in [3.63, 3.8) is 0 Å². The molecule has 23 heavy (non-hydrogen) atoms. The third-order valence-electron chi connectivity index (χ3n) is 4.57. The lowest BCUT2D eigenvalue weighted by Gasteiger charge is -2.07. The van der Waals surface area contributed by atoms with E-state index in [2.05, 4.69) is 89.9 Å². The van der Waals surface area contributed by atoms with Gasteiger partial charge in [-0.3, -0.25) is 0 Å². The summed E-state index contributed by atoms with van der Waals surface area (Å²) in [4.78, 5) is 3.55. The predicted molar refractivity (Wildman–Crippen MR) is 98.7 cm³/mol. The lowest BCUT2D eigenvalue weighted by atomic mass is 9.98. The summed E-state index contributed by atoms with van der Waals surface area (Å²) in [5.74, 6) is 0. The minimum absolute atomic E-state index is 1.17. The zero-order valence-electron chi connectivity index (χ0n) is 12.6. The van der Waals surface area contributed by atoms with E-state index in [-0.39, 0.29) is 0 Å². The Hall–Kier alpha value is -3.06. The molecular formula is C22H15N. The molecule has 5 rings (SSSR count). The topological polar surface area (TPSA) is 15.8 Å². The molecule has 0 aliphatic carbocycles. The maximum atomic E-state index is 3.55. The summed E-state index contributed by atoms with van der Waals surface area (Å²) in [5, 5.41) is 6.38. The van der Waals surface area contributed by atoms with Crippen LogP contribution in [0.15, 0.2) is 84.9 Å². The number of aromatic amines is 1. The van der Waals surface area contributed by atoms with E-state index in [1.807, 2.05) is 0 Å². The second-order valence-electron chi connectivity index (χ2n) is 6.00. The molecule has 108 valence electrons. The molecule has 0 amide bonds. The van der Waals surface area contributed by atoms with Crippen LogP contribution in [-0.2, 0) is 0 Å². The van der Waals surface area contributed by atoms with Crippen molar-refractivity contribution in [1.29, 1.82) is 0 Å². The standard InChI is InChI=1S/C22H15N/c1-2-7-16-13-20-17(12-15(16)6-1)9-5-10-19(20)22-14-18-8-3-4-11-21(18)23-22/h1-14,23H. The first kappa shape index (κ1) is 12.5. The molecule has 0 saturated carbocycles. The van der Waals surface area contributed by atoms with Gasteiger partial charge in [0.2, 0.25) is 0 Å². The van der Waals surface area contributed by atoms with E-state index in [1.165, 1.54) is 43.7 Å². The third kappa shape index (κ3) is 1.94. The Kier molecular flexibility index (Phi) is 2.56. The van der Waals surface area contributed by atoms with Crippen LogP contribution in [0.4, 0.5) is 0 Å². The Labute approximate surface area is 134 Å². The van der Waals surface area contributed by atoms with Crippen LogP contribution >= 0.6 is 0 Å². The smallest absolute Gasteiger partial charge is 0.0471 e. The minimum Gasteiger partial charge on any atom is -0.355 e. The van der Waals surface area contributed by atoms with E-state index in [0.29, 0.717) is 0 Å². The van der Waals surface area contributed by atoms with Crippen LogP contribution in [0.25, 0.3) is 43.7 Å². The second-order valence-corrected chi connectivity index (χ2v) is 6.00. The van der Waals surface area contributed by atoms with Crippen molar-refractivity contribution in [2.75, 3.05) is 0 Å². The number of fused-ring (bicyclic) bond motifs is 3. The van der Waals surface area contributed by atoms with Gasteiger partial charge < -0.3 is 4.98 Å².